The monoisotopic (exact) mass is 435 g/mol. The molecular weight excluding hydrogens is 418 g/mol. The van der Waals surface area contributed by atoms with E-state index in [1.807, 2.05) is 30.5 Å². The lowest BCUT2D eigenvalue weighted by Crippen LogP contribution is -2.21. The van der Waals surface area contributed by atoms with Crippen molar-refractivity contribution in [3.05, 3.63) is 50.3 Å². The van der Waals surface area contributed by atoms with Crippen LogP contribution in [0.25, 0.3) is 10.4 Å². The van der Waals surface area contributed by atoms with Crippen LogP contribution in [0, 0.1) is 6.92 Å². The Bertz CT molecular complexity index is 987. The minimum atomic E-state index is -0.552. The number of esters is 2. The van der Waals surface area contributed by atoms with Crippen LogP contribution in [0.4, 0.5) is 5.00 Å². The number of aryl methyl sites for hydroxylation is 1. The Morgan fingerprint density at radius 2 is 1.89 bits per heavy atom. The molecule has 0 fully saturated rings. The van der Waals surface area contributed by atoms with E-state index in [2.05, 4.69) is 5.32 Å². The average molecular weight is 436 g/mol. The van der Waals surface area contributed by atoms with Gasteiger partial charge in [0.25, 0.3) is 5.91 Å². The summed E-state index contributed by atoms with van der Waals surface area (Å²) in [6, 6.07) is 7.25. The summed E-state index contributed by atoms with van der Waals surface area (Å²) in [5, 5.41) is 6.73. The molecule has 0 spiro atoms. The summed E-state index contributed by atoms with van der Waals surface area (Å²) in [6.45, 7) is 3.39. The molecule has 0 aliphatic carbocycles. The van der Waals surface area contributed by atoms with Crippen molar-refractivity contribution in [3.63, 3.8) is 0 Å². The lowest BCUT2D eigenvalue weighted by atomic mass is 10.1. The Morgan fingerprint density at radius 1 is 1.07 bits per heavy atom. The first-order chi connectivity index (χ1) is 13.5. The summed E-state index contributed by atoms with van der Waals surface area (Å²) < 4.78 is 10.2. The van der Waals surface area contributed by atoms with E-state index in [-0.39, 0.29) is 6.61 Å². The zero-order valence-corrected chi connectivity index (χ0v) is 17.6. The number of anilines is 1. The van der Waals surface area contributed by atoms with Crippen LogP contribution in [0.2, 0.25) is 0 Å². The van der Waals surface area contributed by atoms with Crippen molar-refractivity contribution in [1.82, 2.24) is 0 Å². The zero-order chi connectivity index (χ0) is 20.1. The molecule has 0 saturated heterocycles. The van der Waals surface area contributed by atoms with Crippen molar-refractivity contribution in [2.24, 2.45) is 0 Å². The fourth-order valence-electron chi connectivity index (χ4n) is 2.38. The lowest BCUT2D eigenvalue weighted by molar-refractivity contribution is -0.119. The molecule has 6 nitrogen and oxygen atoms in total. The molecule has 3 aromatic heterocycles. The number of rotatable bonds is 7. The van der Waals surface area contributed by atoms with Gasteiger partial charge in [-0.1, -0.05) is 6.07 Å². The van der Waals surface area contributed by atoms with Gasteiger partial charge in [0, 0.05) is 20.7 Å². The summed E-state index contributed by atoms with van der Waals surface area (Å²) in [7, 11) is 0. The topological polar surface area (TPSA) is 81.7 Å². The molecule has 0 saturated carbocycles. The maximum absolute atomic E-state index is 12.4. The van der Waals surface area contributed by atoms with Crippen LogP contribution in [-0.2, 0) is 14.3 Å². The van der Waals surface area contributed by atoms with E-state index in [1.54, 1.807) is 18.4 Å². The van der Waals surface area contributed by atoms with Crippen LogP contribution < -0.4 is 5.32 Å². The first-order valence-electron chi connectivity index (χ1n) is 8.35. The van der Waals surface area contributed by atoms with E-state index < -0.39 is 24.5 Å². The van der Waals surface area contributed by atoms with Crippen LogP contribution in [0.1, 0.15) is 31.8 Å². The quantitative estimate of drug-likeness (QED) is 0.538. The highest BCUT2D eigenvalue weighted by Crippen LogP contribution is 2.38. The highest BCUT2D eigenvalue weighted by atomic mass is 32.1. The fraction of sp³-hybridized carbons (Fsp3) is 0.211. The Labute approximate surface area is 173 Å². The molecule has 3 aromatic rings. The van der Waals surface area contributed by atoms with E-state index in [0.29, 0.717) is 21.0 Å². The molecule has 0 unspecified atom stereocenters. The number of carbonyl (C=O) groups excluding carboxylic acids is 3. The minimum Gasteiger partial charge on any atom is -0.462 e. The van der Waals surface area contributed by atoms with Gasteiger partial charge in [-0.15, -0.1) is 34.0 Å². The van der Waals surface area contributed by atoms with Crippen LogP contribution >= 0.6 is 34.0 Å². The first-order valence-corrected chi connectivity index (χ1v) is 10.9. The number of hydrogen-bond acceptors (Lipinski definition) is 8. The van der Waals surface area contributed by atoms with Gasteiger partial charge in [-0.25, -0.2) is 9.59 Å². The van der Waals surface area contributed by atoms with Gasteiger partial charge in [-0.2, -0.15) is 0 Å². The van der Waals surface area contributed by atoms with Crippen LogP contribution in [0.3, 0.4) is 0 Å². The smallest absolute Gasteiger partial charge is 0.348 e. The van der Waals surface area contributed by atoms with Gasteiger partial charge >= 0.3 is 11.9 Å². The van der Waals surface area contributed by atoms with Crippen LogP contribution in [0.15, 0.2) is 35.0 Å². The second-order valence-corrected chi connectivity index (χ2v) is 8.70. The molecule has 0 atom stereocenters. The van der Waals surface area contributed by atoms with Crippen molar-refractivity contribution >= 4 is 56.9 Å². The summed E-state index contributed by atoms with van der Waals surface area (Å²) in [5.41, 5.74) is 1.02. The van der Waals surface area contributed by atoms with E-state index in [9.17, 15) is 14.4 Å². The normalized spacial score (nSPS) is 10.5. The van der Waals surface area contributed by atoms with E-state index in [0.717, 1.165) is 9.75 Å². The molecule has 1 amide bonds. The molecule has 0 radical (unpaired) electrons. The Kier molecular flexibility index (Phi) is 6.61. The molecule has 0 bridgehead atoms. The fourth-order valence-corrected chi connectivity index (χ4v) is 4.93. The average Bonchev–Trinajstić information content (AvgIpc) is 3.40. The zero-order valence-electron chi connectivity index (χ0n) is 15.1. The predicted molar refractivity (Wildman–Crippen MR) is 112 cm³/mol. The summed E-state index contributed by atoms with van der Waals surface area (Å²) in [5.74, 6) is -1.58. The Balaban J connectivity index is 1.71. The SMILES string of the molecule is CCOC(=O)c1c(-c2cccs2)csc1NC(=O)COC(=O)c1ccc(C)s1. The van der Waals surface area contributed by atoms with E-state index >= 15 is 0 Å². The van der Waals surface area contributed by atoms with Gasteiger partial charge in [-0.3, -0.25) is 4.79 Å². The van der Waals surface area contributed by atoms with Gasteiger partial charge in [0.05, 0.1) is 6.61 Å². The minimum absolute atomic E-state index is 0.226. The van der Waals surface area contributed by atoms with Crippen molar-refractivity contribution in [2.75, 3.05) is 18.5 Å². The molecule has 0 aliphatic heterocycles. The standard InChI is InChI=1S/C19H17NO5S3/c1-3-24-19(23)16-12(13-5-4-8-26-13)10-27-17(16)20-15(21)9-25-18(22)14-7-6-11(2)28-14/h4-8,10H,3,9H2,1-2H3,(H,20,21). The number of nitrogens with one attached hydrogen (secondary N) is 1. The Hall–Kier alpha value is -2.49. The third-order valence-electron chi connectivity index (χ3n) is 3.59. The van der Waals surface area contributed by atoms with Gasteiger partial charge in [0.2, 0.25) is 0 Å². The van der Waals surface area contributed by atoms with Gasteiger partial charge in [0.1, 0.15) is 15.4 Å². The maximum atomic E-state index is 12.4. The first kappa shape index (κ1) is 20.2. The highest BCUT2D eigenvalue weighted by Gasteiger charge is 2.23. The van der Waals surface area contributed by atoms with Crippen molar-refractivity contribution in [3.8, 4) is 10.4 Å². The molecule has 146 valence electrons. The number of thiophene rings is 3. The van der Waals surface area contributed by atoms with Crippen LogP contribution in [0.5, 0.6) is 0 Å². The van der Waals surface area contributed by atoms with Gasteiger partial charge < -0.3 is 14.8 Å². The van der Waals surface area contributed by atoms with Crippen molar-refractivity contribution in [2.45, 2.75) is 13.8 Å². The molecule has 1 N–H and O–H groups in total. The van der Waals surface area contributed by atoms with Crippen molar-refractivity contribution in [1.29, 1.82) is 0 Å². The number of amides is 1. The molecule has 0 aliphatic rings. The third kappa shape index (κ3) is 4.67. The Morgan fingerprint density at radius 3 is 2.54 bits per heavy atom. The molecule has 3 heterocycles. The molecule has 9 heteroatoms. The summed E-state index contributed by atoms with van der Waals surface area (Å²) in [6.07, 6.45) is 0. The second-order valence-electron chi connectivity index (χ2n) is 5.59. The number of ether oxygens (including phenoxy) is 2. The number of carbonyl (C=O) groups is 3. The summed E-state index contributed by atoms with van der Waals surface area (Å²) >= 11 is 4.02. The largest absolute Gasteiger partial charge is 0.462 e. The van der Waals surface area contributed by atoms with Gasteiger partial charge in [-0.05, 0) is 37.4 Å². The number of hydrogen-bond donors (Lipinski definition) is 1. The molecule has 0 aromatic carbocycles. The van der Waals surface area contributed by atoms with E-state index in [4.69, 9.17) is 9.47 Å². The second kappa shape index (κ2) is 9.13. The predicted octanol–water partition coefficient (Wildman–Crippen LogP) is 4.82. The third-order valence-corrected chi connectivity index (χ3v) is 6.37. The molecular formula is C19H17NO5S3. The van der Waals surface area contributed by atoms with E-state index in [1.165, 1.54) is 34.0 Å². The maximum Gasteiger partial charge on any atom is 0.348 e. The van der Waals surface area contributed by atoms with Crippen molar-refractivity contribution < 1.29 is 23.9 Å². The molecule has 3 rings (SSSR count). The summed E-state index contributed by atoms with van der Waals surface area (Å²) in [4.78, 5) is 39.0. The molecule has 28 heavy (non-hydrogen) atoms. The van der Waals surface area contributed by atoms with Gasteiger partial charge in [0.15, 0.2) is 6.61 Å². The lowest BCUT2D eigenvalue weighted by Gasteiger charge is -2.08. The highest BCUT2D eigenvalue weighted by molar-refractivity contribution is 7.17. The van der Waals surface area contributed by atoms with Crippen LogP contribution in [-0.4, -0.2) is 31.1 Å².